The van der Waals surface area contributed by atoms with Crippen LogP contribution in [-0.4, -0.2) is 20.4 Å². The van der Waals surface area contributed by atoms with Crippen LogP contribution >= 0.6 is 11.5 Å². The highest BCUT2D eigenvalue weighted by Crippen LogP contribution is 2.32. The first-order chi connectivity index (χ1) is 16.7. The van der Waals surface area contributed by atoms with E-state index in [4.69, 9.17) is 0 Å². The number of anilines is 3. The smallest absolute Gasteiger partial charge is 0.323 e. The van der Waals surface area contributed by atoms with Gasteiger partial charge in [-0.05, 0) is 53.8 Å². The molecule has 0 saturated heterocycles. The number of aromatic nitrogens is 3. The molecule has 2 aromatic heterocycles. The van der Waals surface area contributed by atoms with Crippen LogP contribution in [0.15, 0.2) is 85.2 Å². The summed E-state index contributed by atoms with van der Waals surface area (Å²) in [5.74, 6) is 0.736. The van der Waals surface area contributed by atoms with Gasteiger partial charge in [0.2, 0.25) is 0 Å². The van der Waals surface area contributed by atoms with Gasteiger partial charge in [-0.25, -0.2) is 14.8 Å². The molecule has 2 amide bonds. The molecule has 7 nitrogen and oxygen atoms in total. The van der Waals surface area contributed by atoms with E-state index in [1.807, 2.05) is 85.8 Å². The van der Waals surface area contributed by atoms with Gasteiger partial charge in [-0.15, -0.1) is 0 Å². The number of rotatable bonds is 6. The number of benzene rings is 3. The molecular formula is C26H22N6OS. The van der Waals surface area contributed by atoms with Crippen molar-refractivity contribution in [1.29, 1.82) is 0 Å². The number of carbonyl (C=O) groups is 1. The van der Waals surface area contributed by atoms with Gasteiger partial charge in [0.05, 0.1) is 0 Å². The third kappa shape index (κ3) is 4.87. The fourth-order valence-electron chi connectivity index (χ4n) is 3.64. The zero-order chi connectivity index (χ0) is 23.3. The number of hydrogen-bond acceptors (Lipinski definition) is 6. The molecule has 0 radical (unpaired) electrons. The molecule has 8 heteroatoms. The van der Waals surface area contributed by atoms with Crippen LogP contribution in [0.25, 0.3) is 21.5 Å². The van der Waals surface area contributed by atoms with E-state index in [9.17, 15) is 4.79 Å². The summed E-state index contributed by atoms with van der Waals surface area (Å²) in [6.07, 6.45) is 1.55. The number of amides is 2. The Morgan fingerprint density at radius 1 is 0.882 bits per heavy atom. The SMILES string of the molecule is Cc1cccc(NC(=O)Nc2cccc(CNc3ncnc4c(-c5ccccc5)nsc34)c2)c1. The number of urea groups is 1. The molecule has 3 aromatic carbocycles. The molecule has 5 aromatic rings. The molecule has 0 aliphatic carbocycles. The Morgan fingerprint density at radius 2 is 1.65 bits per heavy atom. The van der Waals surface area contributed by atoms with Gasteiger partial charge in [-0.2, -0.15) is 4.37 Å². The zero-order valence-electron chi connectivity index (χ0n) is 18.4. The summed E-state index contributed by atoms with van der Waals surface area (Å²) in [5, 5.41) is 9.13. The Hall–Kier alpha value is -4.30. The number of hydrogen-bond donors (Lipinski definition) is 3. The Labute approximate surface area is 201 Å². The number of nitrogens with zero attached hydrogens (tertiary/aromatic N) is 3. The number of fused-ring (bicyclic) bond motifs is 1. The second kappa shape index (κ2) is 9.68. The van der Waals surface area contributed by atoms with E-state index in [-0.39, 0.29) is 6.03 Å². The predicted molar refractivity (Wildman–Crippen MR) is 138 cm³/mol. The van der Waals surface area contributed by atoms with Crippen LogP contribution in [0.2, 0.25) is 0 Å². The van der Waals surface area contributed by atoms with E-state index in [1.165, 1.54) is 11.5 Å². The first-order valence-electron chi connectivity index (χ1n) is 10.8. The van der Waals surface area contributed by atoms with Crippen molar-refractivity contribution < 1.29 is 4.79 Å². The molecule has 0 unspecified atom stereocenters. The van der Waals surface area contributed by atoms with Crippen LogP contribution in [0.5, 0.6) is 0 Å². The van der Waals surface area contributed by atoms with E-state index in [0.29, 0.717) is 12.2 Å². The number of carbonyl (C=O) groups excluding carboxylic acids is 1. The normalized spacial score (nSPS) is 10.7. The van der Waals surface area contributed by atoms with Crippen LogP contribution in [-0.2, 0) is 6.54 Å². The minimum absolute atomic E-state index is 0.286. The van der Waals surface area contributed by atoms with Gasteiger partial charge < -0.3 is 16.0 Å². The Morgan fingerprint density at radius 3 is 2.44 bits per heavy atom. The number of aryl methyl sites for hydroxylation is 1. The Kier molecular flexibility index (Phi) is 6.13. The van der Waals surface area contributed by atoms with E-state index in [0.717, 1.165) is 44.1 Å². The van der Waals surface area contributed by atoms with Crippen molar-refractivity contribution in [1.82, 2.24) is 14.3 Å². The molecule has 168 valence electrons. The van der Waals surface area contributed by atoms with Gasteiger partial charge in [0.15, 0.2) is 0 Å². The van der Waals surface area contributed by atoms with Crippen molar-refractivity contribution in [3.63, 3.8) is 0 Å². The maximum Gasteiger partial charge on any atom is 0.323 e. The molecule has 0 saturated carbocycles. The summed E-state index contributed by atoms with van der Waals surface area (Å²) in [6.45, 7) is 2.53. The third-order valence-corrected chi connectivity index (χ3v) is 6.07. The minimum atomic E-state index is -0.286. The average Bonchev–Trinajstić information content (AvgIpc) is 3.28. The Bertz CT molecular complexity index is 1450. The zero-order valence-corrected chi connectivity index (χ0v) is 19.3. The minimum Gasteiger partial charge on any atom is -0.365 e. The Balaban J connectivity index is 1.27. The summed E-state index contributed by atoms with van der Waals surface area (Å²) in [4.78, 5) is 21.3. The molecule has 0 bridgehead atoms. The lowest BCUT2D eigenvalue weighted by Crippen LogP contribution is -2.19. The van der Waals surface area contributed by atoms with Gasteiger partial charge in [0.25, 0.3) is 0 Å². The fraction of sp³-hybridized carbons (Fsp3) is 0.0769. The molecule has 0 spiro atoms. The predicted octanol–water partition coefficient (Wildman–Crippen LogP) is 6.32. The lowest BCUT2D eigenvalue weighted by molar-refractivity contribution is 0.262. The second-order valence-corrected chi connectivity index (χ2v) is 8.57. The first-order valence-corrected chi connectivity index (χ1v) is 11.6. The van der Waals surface area contributed by atoms with E-state index in [2.05, 4.69) is 30.3 Å². The summed E-state index contributed by atoms with van der Waals surface area (Å²) in [7, 11) is 0. The van der Waals surface area contributed by atoms with Crippen molar-refractivity contribution in [2.45, 2.75) is 13.5 Å². The lowest BCUT2D eigenvalue weighted by atomic mass is 10.1. The molecule has 5 rings (SSSR count). The molecule has 0 aliphatic rings. The maximum atomic E-state index is 12.4. The molecule has 0 atom stereocenters. The largest absolute Gasteiger partial charge is 0.365 e. The summed E-state index contributed by atoms with van der Waals surface area (Å²) >= 11 is 1.38. The van der Waals surface area contributed by atoms with Crippen LogP contribution in [0.1, 0.15) is 11.1 Å². The van der Waals surface area contributed by atoms with Crippen LogP contribution in [0, 0.1) is 6.92 Å². The quantitative estimate of drug-likeness (QED) is 0.272. The highest BCUT2D eigenvalue weighted by atomic mass is 32.1. The van der Waals surface area contributed by atoms with E-state index < -0.39 is 0 Å². The van der Waals surface area contributed by atoms with Gasteiger partial charge in [-0.3, -0.25) is 0 Å². The molecule has 0 aliphatic heterocycles. The summed E-state index contributed by atoms with van der Waals surface area (Å²) in [6, 6.07) is 25.1. The van der Waals surface area contributed by atoms with Crippen LogP contribution in [0.3, 0.4) is 0 Å². The molecule has 0 fully saturated rings. The molecule has 3 N–H and O–H groups in total. The van der Waals surface area contributed by atoms with Gasteiger partial charge >= 0.3 is 6.03 Å². The molecule has 2 heterocycles. The lowest BCUT2D eigenvalue weighted by Gasteiger charge is -2.10. The third-order valence-electron chi connectivity index (χ3n) is 5.22. The average molecular weight is 467 g/mol. The van der Waals surface area contributed by atoms with Gasteiger partial charge in [0, 0.05) is 23.5 Å². The van der Waals surface area contributed by atoms with Gasteiger partial charge in [-0.1, -0.05) is 54.6 Å². The number of nitrogens with one attached hydrogen (secondary N) is 3. The summed E-state index contributed by atoms with van der Waals surface area (Å²) in [5.41, 5.74) is 6.27. The highest BCUT2D eigenvalue weighted by Gasteiger charge is 2.14. The van der Waals surface area contributed by atoms with Crippen molar-refractivity contribution in [3.8, 4) is 11.3 Å². The van der Waals surface area contributed by atoms with E-state index in [1.54, 1.807) is 6.33 Å². The van der Waals surface area contributed by atoms with Crippen LogP contribution < -0.4 is 16.0 Å². The van der Waals surface area contributed by atoms with Crippen molar-refractivity contribution in [2.24, 2.45) is 0 Å². The monoisotopic (exact) mass is 466 g/mol. The van der Waals surface area contributed by atoms with Crippen molar-refractivity contribution in [2.75, 3.05) is 16.0 Å². The van der Waals surface area contributed by atoms with Crippen molar-refractivity contribution in [3.05, 3.63) is 96.3 Å². The van der Waals surface area contributed by atoms with Crippen molar-refractivity contribution >= 4 is 45.0 Å². The molecule has 34 heavy (non-hydrogen) atoms. The fourth-order valence-corrected chi connectivity index (χ4v) is 4.46. The standard InChI is InChI=1S/C26H22N6OS/c1-17-7-5-11-20(13-17)30-26(33)31-21-12-6-8-18(14-21)15-27-25-24-23(28-16-29-25)22(32-34-24)19-9-3-2-4-10-19/h2-14,16H,15H2,1H3,(H,27,28,29)(H2,30,31,33). The topological polar surface area (TPSA) is 91.8 Å². The van der Waals surface area contributed by atoms with E-state index >= 15 is 0 Å². The highest BCUT2D eigenvalue weighted by molar-refractivity contribution is 7.14. The van der Waals surface area contributed by atoms with Crippen LogP contribution in [0.4, 0.5) is 22.0 Å². The van der Waals surface area contributed by atoms with Gasteiger partial charge in [0.1, 0.15) is 28.1 Å². The second-order valence-electron chi connectivity index (χ2n) is 7.80. The first kappa shape index (κ1) is 21.5. The summed E-state index contributed by atoms with van der Waals surface area (Å²) < 4.78 is 5.52. The molecular weight excluding hydrogens is 444 g/mol. The maximum absolute atomic E-state index is 12.4.